The SMILES string of the molecule is NC1CC[C@@H]2CN(C(=O)c3ccc(F)c(Cl)c3)C[C@@H]2C1. The van der Waals surface area contributed by atoms with Gasteiger partial charge in [0.1, 0.15) is 5.82 Å². The molecule has 1 aliphatic carbocycles. The number of fused-ring (bicyclic) bond motifs is 1. The Morgan fingerprint density at radius 2 is 2.05 bits per heavy atom. The number of amides is 1. The van der Waals surface area contributed by atoms with Crippen LogP contribution in [0.3, 0.4) is 0 Å². The Kier molecular flexibility index (Phi) is 3.69. The van der Waals surface area contributed by atoms with E-state index in [0.29, 0.717) is 17.4 Å². The van der Waals surface area contributed by atoms with Crippen molar-refractivity contribution in [3.8, 4) is 0 Å². The Labute approximate surface area is 122 Å². The van der Waals surface area contributed by atoms with Crippen LogP contribution in [0.5, 0.6) is 0 Å². The maximum atomic E-state index is 13.2. The van der Waals surface area contributed by atoms with Crippen molar-refractivity contribution in [3.63, 3.8) is 0 Å². The van der Waals surface area contributed by atoms with Crippen molar-refractivity contribution in [2.24, 2.45) is 17.6 Å². The molecule has 1 unspecified atom stereocenters. The summed E-state index contributed by atoms with van der Waals surface area (Å²) in [5.74, 6) is 0.521. The minimum Gasteiger partial charge on any atom is -0.338 e. The first-order chi connectivity index (χ1) is 9.54. The quantitative estimate of drug-likeness (QED) is 0.866. The Hall–Kier alpha value is -1.13. The molecule has 1 saturated carbocycles. The summed E-state index contributed by atoms with van der Waals surface area (Å²) in [5.41, 5.74) is 6.46. The van der Waals surface area contributed by atoms with Crippen LogP contribution in [-0.4, -0.2) is 29.9 Å². The number of benzene rings is 1. The second kappa shape index (κ2) is 5.34. The van der Waals surface area contributed by atoms with E-state index in [-0.39, 0.29) is 17.0 Å². The highest BCUT2D eigenvalue weighted by molar-refractivity contribution is 6.31. The first-order valence-corrected chi connectivity index (χ1v) is 7.42. The van der Waals surface area contributed by atoms with Crippen molar-refractivity contribution in [2.75, 3.05) is 13.1 Å². The molecule has 3 atom stereocenters. The molecular formula is C15H18ClFN2O. The molecule has 1 aliphatic heterocycles. The summed E-state index contributed by atoms with van der Waals surface area (Å²) in [6, 6.07) is 4.42. The van der Waals surface area contributed by atoms with E-state index in [1.165, 1.54) is 18.2 Å². The van der Waals surface area contributed by atoms with E-state index >= 15 is 0 Å². The van der Waals surface area contributed by atoms with Crippen LogP contribution in [0.4, 0.5) is 4.39 Å². The number of carbonyl (C=O) groups is 1. The summed E-state index contributed by atoms with van der Waals surface area (Å²) < 4.78 is 13.2. The molecule has 1 amide bonds. The Morgan fingerprint density at radius 3 is 2.80 bits per heavy atom. The lowest BCUT2D eigenvalue weighted by atomic mass is 9.79. The zero-order valence-electron chi connectivity index (χ0n) is 11.2. The maximum Gasteiger partial charge on any atom is 0.253 e. The molecule has 0 spiro atoms. The number of carbonyl (C=O) groups excluding carboxylic acids is 1. The smallest absolute Gasteiger partial charge is 0.253 e. The van der Waals surface area contributed by atoms with E-state index in [1.54, 1.807) is 0 Å². The third-order valence-electron chi connectivity index (χ3n) is 4.54. The summed E-state index contributed by atoms with van der Waals surface area (Å²) in [5, 5.41) is -0.00511. The molecule has 108 valence electrons. The van der Waals surface area contributed by atoms with Crippen molar-refractivity contribution >= 4 is 17.5 Å². The van der Waals surface area contributed by atoms with Crippen molar-refractivity contribution in [3.05, 3.63) is 34.6 Å². The fourth-order valence-electron chi connectivity index (χ4n) is 3.45. The van der Waals surface area contributed by atoms with Crippen LogP contribution in [0.1, 0.15) is 29.6 Å². The van der Waals surface area contributed by atoms with Crippen molar-refractivity contribution in [1.29, 1.82) is 0 Å². The van der Waals surface area contributed by atoms with Gasteiger partial charge in [-0.2, -0.15) is 0 Å². The van der Waals surface area contributed by atoms with Gasteiger partial charge in [-0.05, 0) is 49.3 Å². The predicted octanol–water partition coefficient (Wildman–Crippen LogP) is 2.68. The van der Waals surface area contributed by atoms with Crippen molar-refractivity contribution in [1.82, 2.24) is 4.90 Å². The number of rotatable bonds is 1. The summed E-state index contributed by atoms with van der Waals surface area (Å²) in [4.78, 5) is 14.3. The second-order valence-electron chi connectivity index (χ2n) is 5.93. The molecule has 1 heterocycles. The van der Waals surface area contributed by atoms with Crippen molar-refractivity contribution in [2.45, 2.75) is 25.3 Å². The van der Waals surface area contributed by atoms with Crippen LogP contribution < -0.4 is 5.73 Å². The van der Waals surface area contributed by atoms with Crippen LogP contribution in [-0.2, 0) is 0 Å². The fourth-order valence-corrected chi connectivity index (χ4v) is 3.63. The number of nitrogens with zero attached hydrogens (tertiary/aromatic N) is 1. The summed E-state index contributed by atoms with van der Waals surface area (Å²) in [7, 11) is 0. The lowest BCUT2D eigenvalue weighted by Crippen LogP contribution is -2.32. The van der Waals surface area contributed by atoms with E-state index < -0.39 is 5.82 Å². The van der Waals surface area contributed by atoms with Crippen molar-refractivity contribution < 1.29 is 9.18 Å². The third-order valence-corrected chi connectivity index (χ3v) is 4.83. The maximum absolute atomic E-state index is 13.2. The zero-order chi connectivity index (χ0) is 14.3. The number of halogens is 2. The molecule has 0 bridgehead atoms. The molecule has 3 nitrogen and oxygen atoms in total. The lowest BCUT2D eigenvalue weighted by Gasteiger charge is -2.27. The van der Waals surface area contributed by atoms with Gasteiger partial charge in [-0.15, -0.1) is 0 Å². The number of hydrogen-bond acceptors (Lipinski definition) is 2. The van der Waals surface area contributed by atoms with Gasteiger partial charge in [-0.1, -0.05) is 11.6 Å². The highest BCUT2D eigenvalue weighted by Crippen LogP contribution is 2.36. The van der Waals surface area contributed by atoms with E-state index in [9.17, 15) is 9.18 Å². The van der Waals surface area contributed by atoms with Crippen LogP contribution >= 0.6 is 11.6 Å². The molecule has 0 aromatic heterocycles. The Morgan fingerprint density at radius 1 is 1.30 bits per heavy atom. The Balaban J connectivity index is 1.73. The molecule has 1 saturated heterocycles. The Bertz CT molecular complexity index is 537. The lowest BCUT2D eigenvalue weighted by molar-refractivity contribution is 0.0784. The van der Waals surface area contributed by atoms with Crippen LogP contribution in [0.15, 0.2) is 18.2 Å². The topological polar surface area (TPSA) is 46.3 Å². The van der Waals surface area contributed by atoms with Gasteiger partial charge in [-0.3, -0.25) is 4.79 Å². The molecule has 0 radical (unpaired) electrons. The van der Waals surface area contributed by atoms with Crippen LogP contribution in [0.2, 0.25) is 5.02 Å². The van der Waals surface area contributed by atoms with Gasteiger partial charge in [0, 0.05) is 24.7 Å². The molecule has 1 aromatic rings. The summed E-state index contributed by atoms with van der Waals surface area (Å²) >= 11 is 5.74. The molecule has 1 aromatic carbocycles. The molecule has 2 aliphatic rings. The van der Waals surface area contributed by atoms with E-state index in [2.05, 4.69) is 0 Å². The van der Waals surface area contributed by atoms with Gasteiger partial charge in [0.2, 0.25) is 0 Å². The van der Waals surface area contributed by atoms with Gasteiger partial charge in [-0.25, -0.2) is 4.39 Å². The van der Waals surface area contributed by atoms with Crippen LogP contribution in [0, 0.1) is 17.7 Å². The highest BCUT2D eigenvalue weighted by Gasteiger charge is 2.38. The van der Waals surface area contributed by atoms with E-state index in [4.69, 9.17) is 17.3 Å². The normalized spacial score (nSPS) is 29.4. The monoisotopic (exact) mass is 296 g/mol. The summed E-state index contributed by atoms with van der Waals surface area (Å²) in [6.07, 6.45) is 3.14. The van der Waals surface area contributed by atoms with Gasteiger partial charge >= 0.3 is 0 Å². The molecule has 2 fully saturated rings. The number of nitrogens with two attached hydrogens (primary N) is 1. The highest BCUT2D eigenvalue weighted by atomic mass is 35.5. The van der Waals surface area contributed by atoms with Gasteiger partial charge < -0.3 is 10.6 Å². The number of hydrogen-bond donors (Lipinski definition) is 1. The molecule has 3 rings (SSSR count). The van der Waals surface area contributed by atoms with Gasteiger partial charge in [0.25, 0.3) is 5.91 Å². The number of likely N-dealkylation sites (tertiary alicyclic amines) is 1. The van der Waals surface area contributed by atoms with Gasteiger partial charge in [0.05, 0.1) is 5.02 Å². The molecule has 20 heavy (non-hydrogen) atoms. The van der Waals surface area contributed by atoms with E-state index in [1.807, 2.05) is 4.90 Å². The first-order valence-electron chi connectivity index (χ1n) is 7.04. The zero-order valence-corrected chi connectivity index (χ0v) is 11.9. The molecule has 5 heteroatoms. The van der Waals surface area contributed by atoms with Gasteiger partial charge in [0.15, 0.2) is 0 Å². The average Bonchev–Trinajstić information content (AvgIpc) is 2.84. The third kappa shape index (κ3) is 2.54. The first kappa shape index (κ1) is 13.8. The summed E-state index contributed by atoms with van der Waals surface area (Å²) in [6.45, 7) is 1.54. The molecule has 2 N–H and O–H groups in total. The largest absolute Gasteiger partial charge is 0.338 e. The minimum atomic E-state index is -0.496. The average molecular weight is 297 g/mol. The molecular weight excluding hydrogens is 279 g/mol. The van der Waals surface area contributed by atoms with Crippen LogP contribution in [0.25, 0.3) is 0 Å². The van der Waals surface area contributed by atoms with E-state index in [0.717, 1.165) is 32.4 Å². The predicted molar refractivity (Wildman–Crippen MR) is 76.1 cm³/mol. The second-order valence-corrected chi connectivity index (χ2v) is 6.34. The standard InChI is InChI=1S/C15H18ClFN2O/c16-13-6-9(2-4-14(13)17)15(20)19-7-10-1-3-12(18)5-11(10)8-19/h2,4,6,10-12H,1,3,5,7-8,18H2/t10-,11+,12?/m1/s1. The fraction of sp³-hybridized carbons (Fsp3) is 0.533. The minimum absolute atomic E-state index is 0.00511.